The molecule has 3 nitrogen and oxygen atoms in total. The lowest BCUT2D eigenvalue weighted by Gasteiger charge is -2.15. The highest BCUT2D eigenvalue weighted by molar-refractivity contribution is 8.37. The third-order valence-corrected chi connectivity index (χ3v) is 5.32. The molecule has 0 bridgehead atoms. The zero-order chi connectivity index (χ0) is 13.8. The van der Waals surface area contributed by atoms with E-state index in [1.165, 1.54) is 4.78 Å². The van der Waals surface area contributed by atoms with Gasteiger partial charge in [-0.05, 0) is 64.1 Å². The quantitative estimate of drug-likeness (QED) is 0.438. The third-order valence-electron chi connectivity index (χ3n) is 1.82. The summed E-state index contributed by atoms with van der Waals surface area (Å²) in [6, 6.07) is 7.41. The Morgan fingerprint density at radius 3 is 2.39 bits per heavy atom. The van der Waals surface area contributed by atoms with Gasteiger partial charge in [-0.2, -0.15) is 5.10 Å². The van der Waals surface area contributed by atoms with Gasteiger partial charge in [-0.15, -0.1) is 0 Å². The summed E-state index contributed by atoms with van der Waals surface area (Å²) in [5.41, 5.74) is 0.899. The first-order valence-corrected chi connectivity index (χ1v) is 12.0. The van der Waals surface area contributed by atoms with Gasteiger partial charge >= 0.3 is 6.92 Å². The highest BCUT2D eigenvalue weighted by Gasteiger charge is 2.12. The van der Waals surface area contributed by atoms with Crippen LogP contribution in [0.25, 0.3) is 0 Å². The van der Waals surface area contributed by atoms with Crippen LogP contribution in [0.1, 0.15) is 5.56 Å². The van der Waals surface area contributed by atoms with E-state index in [4.69, 9.17) is 50.6 Å². The van der Waals surface area contributed by atoms with Gasteiger partial charge in [0.1, 0.15) is 6.66 Å². The monoisotopic (exact) mass is 359 g/mol. The van der Waals surface area contributed by atoms with Gasteiger partial charge in [0.2, 0.25) is 16.7 Å². The summed E-state index contributed by atoms with van der Waals surface area (Å²) in [5, 5.41) is 4.09. The van der Waals surface area contributed by atoms with Crippen molar-refractivity contribution < 1.29 is 4.52 Å². The zero-order valence-corrected chi connectivity index (χ0v) is 14.6. The van der Waals surface area contributed by atoms with Crippen molar-refractivity contribution >= 4 is 64.1 Å². The summed E-state index contributed by atoms with van der Waals surface area (Å²) >= 11 is 21.5. The molecule has 0 aliphatic carbocycles. The normalized spacial score (nSPS) is 12.6. The van der Waals surface area contributed by atoms with Crippen molar-refractivity contribution in [2.75, 3.05) is 13.7 Å². The van der Waals surface area contributed by atoms with Gasteiger partial charge in [-0.3, -0.25) is 4.52 Å². The average Bonchev–Trinajstić information content (AvgIpc) is 2.25. The lowest BCUT2D eigenvalue weighted by Crippen LogP contribution is -2.00. The van der Waals surface area contributed by atoms with Crippen LogP contribution in [0.2, 0.25) is 0 Å². The van der Waals surface area contributed by atoms with Gasteiger partial charge in [0, 0.05) is 7.05 Å². The minimum atomic E-state index is -2.54. The van der Waals surface area contributed by atoms with Crippen molar-refractivity contribution in [2.45, 2.75) is 0 Å². The molecule has 0 heterocycles. The summed E-state index contributed by atoms with van der Waals surface area (Å²) in [7, 11) is 1.65. The Labute approximate surface area is 127 Å². The Balaban J connectivity index is 2.72. The molecule has 0 aromatic heterocycles. The molecular formula is C9H11Cl2N2OP2S2+. The van der Waals surface area contributed by atoms with Crippen LogP contribution in [0.4, 0.5) is 0 Å². The number of rotatable bonds is 5. The topological polar surface area (TPSA) is 24.8 Å². The molecule has 0 amide bonds. The van der Waals surface area contributed by atoms with E-state index in [2.05, 4.69) is 5.10 Å². The minimum Gasteiger partial charge on any atom is -0.278 e. The molecule has 9 heteroatoms. The summed E-state index contributed by atoms with van der Waals surface area (Å²) in [5.74, 6) is 0.754. The van der Waals surface area contributed by atoms with E-state index >= 15 is 0 Å². The van der Waals surface area contributed by atoms with Gasteiger partial charge in [-0.25, -0.2) is 4.78 Å². The van der Waals surface area contributed by atoms with E-state index in [1.807, 2.05) is 30.9 Å². The predicted octanol–water partition coefficient (Wildman–Crippen LogP) is 4.52. The molecule has 0 spiro atoms. The molecule has 18 heavy (non-hydrogen) atoms. The Bertz CT molecular complexity index is 504. The molecule has 0 fully saturated rings. The standard InChI is InChI=1S/C9H11Cl2N2OP2S2/c1-13(16(10,11)18)12-7-8-3-5-9(6-4-8)14-15(2)17/h3-7H,1-2H3/q+1. The van der Waals surface area contributed by atoms with Gasteiger partial charge in [0.15, 0.2) is 5.75 Å². The van der Waals surface area contributed by atoms with Crippen LogP contribution in [-0.2, 0) is 23.6 Å². The van der Waals surface area contributed by atoms with Crippen molar-refractivity contribution in [1.29, 1.82) is 0 Å². The Hall–Kier alpha value is 0.240. The van der Waals surface area contributed by atoms with Crippen LogP contribution in [0, 0.1) is 0 Å². The van der Waals surface area contributed by atoms with Crippen LogP contribution in [-0.4, -0.2) is 24.7 Å². The van der Waals surface area contributed by atoms with E-state index < -0.39 is 11.8 Å². The highest BCUT2D eigenvalue weighted by Crippen LogP contribution is 2.59. The molecule has 0 saturated heterocycles. The number of hydrogen-bond donors (Lipinski definition) is 0. The SMILES string of the molecule is CN(N=Cc1ccc(O[P+](C)=S)cc1)P(=S)(Cl)Cl. The van der Waals surface area contributed by atoms with E-state index in [9.17, 15) is 0 Å². The van der Waals surface area contributed by atoms with Crippen LogP contribution in [0.3, 0.4) is 0 Å². The first kappa shape index (κ1) is 16.3. The number of nitrogens with zero attached hydrogens (tertiary/aromatic N) is 2. The first-order chi connectivity index (χ1) is 8.29. The Kier molecular flexibility index (Phi) is 6.46. The fraction of sp³-hybridized carbons (Fsp3) is 0.222. The summed E-state index contributed by atoms with van der Waals surface area (Å²) < 4.78 is 6.81. The highest BCUT2D eigenvalue weighted by atomic mass is 35.9. The number of hydrazone groups is 1. The second-order valence-electron chi connectivity index (χ2n) is 3.27. The molecule has 0 radical (unpaired) electrons. The number of benzene rings is 1. The van der Waals surface area contributed by atoms with E-state index in [-0.39, 0.29) is 0 Å². The number of hydrogen-bond acceptors (Lipinski definition) is 4. The first-order valence-electron chi connectivity index (χ1n) is 4.75. The Morgan fingerprint density at radius 2 is 1.94 bits per heavy atom. The van der Waals surface area contributed by atoms with Crippen LogP contribution < -0.4 is 4.52 Å². The molecule has 1 rings (SSSR count). The lowest BCUT2D eigenvalue weighted by atomic mass is 10.2. The molecule has 1 aromatic rings. The average molecular weight is 360 g/mol. The van der Waals surface area contributed by atoms with Crippen molar-refractivity contribution in [3.05, 3.63) is 29.8 Å². The fourth-order valence-corrected chi connectivity index (χ4v) is 2.18. The summed E-state index contributed by atoms with van der Waals surface area (Å²) in [6.45, 7) is 1.04. The fourth-order valence-electron chi connectivity index (χ4n) is 0.974. The maximum atomic E-state index is 5.81. The molecule has 1 aromatic carbocycles. The zero-order valence-electron chi connectivity index (χ0n) is 9.66. The molecule has 0 aliphatic rings. The van der Waals surface area contributed by atoms with Gasteiger partial charge < -0.3 is 0 Å². The van der Waals surface area contributed by atoms with Crippen molar-refractivity contribution in [3.8, 4) is 5.75 Å². The summed E-state index contributed by atoms with van der Waals surface area (Å²) in [6.07, 6.45) is 1.64. The van der Waals surface area contributed by atoms with Crippen molar-refractivity contribution in [3.63, 3.8) is 0 Å². The van der Waals surface area contributed by atoms with Gasteiger partial charge in [0.05, 0.1) is 6.21 Å². The molecule has 0 N–H and O–H groups in total. The predicted molar refractivity (Wildman–Crippen MR) is 88.6 cm³/mol. The lowest BCUT2D eigenvalue weighted by molar-refractivity contribution is 0.611. The summed E-state index contributed by atoms with van der Waals surface area (Å²) in [4.78, 5) is -2.54. The smallest absolute Gasteiger partial charge is 0.278 e. The third kappa shape index (κ3) is 5.92. The van der Waals surface area contributed by atoms with Gasteiger partial charge in [0.25, 0.3) is 0 Å². The van der Waals surface area contributed by atoms with E-state index in [1.54, 1.807) is 13.3 Å². The molecule has 98 valence electrons. The van der Waals surface area contributed by atoms with Crippen LogP contribution in [0.5, 0.6) is 5.75 Å². The molecule has 1 unspecified atom stereocenters. The second kappa shape index (κ2) is 7.14. The molecule has 0 saturated carbocycles. The van der Waals surface area contributed by atoms with Crippen LogP contribution >= 0.6 is 34.3 Å². The minimum absolute atomic E-state index is 0.754. The van der Waals surface area contributed by atoms with E-state index in [0.717, 1.165) is 11.3 Å². The largest absolute Gasteiger partial charge is 0.384 e. The van der Waals surface area contributed by atoms with Gasteiger partial charge in [-0.1, -0.05) is 0 Å². The van der Waals surface area contributed by atoms with E-state index in [0.29, 0.717) is 0 Å². The second-order valence-corrected chi connectivity index (χ2v) is 13.6. The molecule has 0 aliphatic heterocycles. The maximum Gasteiger partial charge on any atom is 0.384 e. The van der Waals surface area contributed by atoms with Crippen molar-refractivity contribution in [2.24, 2.45) is 5.10 Å². The maximum absolute atomic E-state index is 5.81. The van der Waals surface area contributed by atoms with Crippen molar-refractivity contribution in [1.82, 2.24) is 4.78 Å². The Morgan fingerprint density at radius 1 is 1.39 bits per heavy atom. The molecule has 1 atom stereocenters. The molecular weight excluding hydrogens is 349 g/mol. The van der Waals surface area contributed by atoms with Crippen LogP contribution in [0.15, 0.2) is 29.4 Å². The number of halogens is 2.